The molecule has 0 aliphatic carbocycles. The molecule has 0 aliphatic heterocycles. The van der Waals surface area contributed by atoms with E-state index in [1.807, 2.05) is 31.2 Å². The molecule has 2 aromatic rings. The maximum absolute atomic E-state index is 9.15. The molecule has 0 saturated carbocycles. The highest BCUT2D eigenvalue weighted by Crippen LogP contribution is 2.25. The molecule has 3 nitrogen and oxygen atoms in total. The molecule has 0 aliphatic rings. The fourth-order valence-electron chi connectivity index (χ4n) is 1.90. The van der Waals surface area contributed by atoms with Gasteiger partial charge in [-0.3, -0.25) is 0 Å². The van der Waals surface area contributed by atoms with Crippen LogP contribution in [0.25, 0.3) is 0 Å². The predicted molar refractivity (Wildman–Crippen MR) is 82.1 cm³/mol. The van der Waals surface area contributed by atoms with Crippen molar-refractivity contribution in [2.75, 3.05) is 5.32 Å². The third-order valence-corrected chi connectivity index (χ3v) is 3.51. The summed E-state index contributed by atoms with van der Waals surface area (Å²) in [6.45, 7) is 2.02. The standard InChI is InChI=1S/C16H12BrN3/c1-11(13-4-2-12(9-18)3-5-13)20-16-7-6-15(17)8-14(16)10-19/h2-8,11,20H,1H3. The molecule has 0 saturated heterocycles. The number of hydrogen-bond acceptors (Lipinski definition) is 3. The second-order valence-corrected chi connectivity index (χ2v) is 5.32. The molecule has 2 rings (SSSR count). The van der Waals surface area contributed by atoms with Crippen LogP contribution in [0.5, 0.6) is 0 Å². The zero-order chi connectivity index (χ0) is 14.5. The molecule has 0 fully saturated rings. The van der Waals surface area contributed by atoms with E-state index in [-0.39, 0.29) is 6.04 Å². The first-order valence-corrected chi connectivity index (χ1v) is 6.89. The largest absolute Gasteiger partial charge is 0.377 e. The Morgan fingerprint density at radius 3 is 2.35 bits per heavy atom. The van der Waals surface area contributed by atoms with Crippen molar-refractivity contribution in [3.63, 3.8) is 0 Å². The Labute approximate surface area is 126 Å². The summed E-state index contributed by atoms with van der Waals surface area (Å²) in [4.78, 5) is 0. The van der Waals surface area contributed by atoms with Gasteiger partial charge in [0.2, 0.25) is 0 Å². The summed E-state index contributed by atoms with van der Waals surface area (Å²) in [6, 6.07) is 17.3. The van der Waals surface area contributed by atoms with Crippen molar-refractivity contribution in [1.29, 1.82) is 10.5 Å². The maximum Gasteiger partial charge on any atom is 0.101 e. The normalized spacial score (nSPS) is 11.2. The van der Waals surface area contributed by atoms with Crippen LogP contribution in [-0.4, -0.2) is 0 Å². The molecule has 0 amide bonds. The van der Waals surface area contributed by atoms with Gasteiger partial charge in [0.25, 0.3) is 0 Å². The average Bonchev–Trinajstić information content (AvgIpc) is 2.49. The molecule has 0 radical (unpaired) electrons. The van der Waals surface area contributed by atoms with Crippen LogP contribution < -0.4 is 5.32 Å². The van der Waals surface area contributed by atoms with Crippen LogP contribution in [0, 0.1) is 22.7 Å². The highest BCUT2D eigenvalue weighted by Gasteiger charge is 2.08. The summed E-state index contributed by atoms with van der Waals surface area (Å²) in [7, 11) is 0. The van der Waals surface area contributed by atoms with Gasteiger partial charge in [-0.05, 0) is 42.8 Å². The van der Waals surface area contributed by atoms with E-state index in [1.54, 1.807) is 18.2 Å². The number of hydrogen-bond donors (Lipinski definition) is 1. The van der Waals surface area contributed by atoms with Crippen LogP contribution >= 0.6 is 15.9 Å². The zero-order valence-electron chi connectivity index (χ0n) is 10.9. The first kappa shape index (κ1) is 14.1. The quantitative estimate of drug-likeness (QED) is 0.911. The first-order valence-electron chi connectivity index (χ1n) is 6.10. The van der Waals surface area contributed by atoms with Crippen molar-refractivity contribution in [3.8, 4) is 12.1 Å². The molecule has 0 aromatic heterocycles. The number of nitrogens with zero attached hydrogens (tertiary/aromatic N) is 2. The summed E-state index contributed by atoms with van der Waals surface area (Å²) in [5, 5.41) is 21.3. The van der Waals surface area contributed by atoms with E-state index < -0.39 is 0 Å². The summed E-state index contributed by atoms with van der Waals surface area (Å²) >= 11 is 3.35. The monoisotopic (exact) mass is 325 g/mol. The molecule has 98 valence electrons. The topological polar surface area (TPSA) is 59.6 Å². The fourth-order valence-corrected chi connectivity index (χ4v) is 2.26. The lowest BCUT2D eigenvalue weighted by Crippen LogP contribution is -2.07. The number of anilines is 1. The summed E-state index contributed by atoms with van der Waals surface area (Å²) < 4.78 is 0.880. The van der Waals surface area contributed by atoms with Gasteiger partial charge in [-0.2, -0.15) is 10.5 Å². The van der Waals surface area contributed by atoms with Gasteiger partial charge in [-0.25, -0.2) is 0 Å². The molecule has 1 unspecified atom stereocenters. The van der Waals surface area contributed by atoms with Gasteiger partial charge in [0.05, 0.1) is 22.9 Å². The molecule has 0 bridgehead atoms. The van der Waals surface area contributed by atoms with Crippen LogP contribution in [0.15, 0.2) is 46.9 Å². The molecule has 20 heavy (non-hydrogen) atoms. The minimum absolute atomic E-state index is 0.0519. The van der Waals surface area contributed by atoms with Crippen molar-refractivity contribution >= 4 is 21.6 Å². The number of halogens is 1. The number of rotatable bonds is 3. The lowest BCUT2D eigenvalue weighted by Gasteiger charge is -2.17. The van der Waals surface area contributed by atoms with E-state index in [0.29, 0.717) is 11.1 Å². The van der Waals surface area contributed by atoms with Crippen LogP contribution in [0.4, 0.5) is 5.69 Å². The minimum Gasteiger partial charge on any atom is -0.377 e. The fraction of sp³-hybridized carbons (Fsp3) is 0.125. The van der Waals surface area contributed by atoms with Gasteiger partial charge >= 0.3 is 0 Å². The van der Waals surface area contributed by atoms with Crippen molar-refractivity contribution < 1.29 is 0 Å². The second-order valence-electron chi connectivity index (χ2n) is 4.40. The zero-order valence-corrected chi connectivity index (χ0v) is 12.5. The Bertz CT molecular complexity index is 693. The number of benzene rings is 2. The Hall–Kier alpha value is -2.30. The van der Waals surface area contributed by atoms with Crippen molar-refractivity contribution in [1.82, 2.24) is 0 Å². The number of nitriles is 2. The average molecular weight is 326 g/mol. The molecular weight excluding hydrogens is 314 g/mol. The van der Waals surface area contributed by atoms with E-state index in [1.165, 1.54) is 0 Å². The predicted octanol–water partition coefficient (Wildman–Crippen LogP) is 4.37. The lowest BCUT2D eigenvalue weighted by atomic mass is 10.1. The lowest BCUT2D eigenvalue weighted by molar-refractivity contribution is 0.883. The Morgan fingerprint density at radius 2 is 1.75 bits per heavy atom. The van der Waals surface area contributed by atoms with E-state index in [9.17, 15) is 0 Å². The van der Waals surface area contributed by atoms with Crippen LogP contribution in [0.3, 0.4) is 0 Å². The molecule has 0 heterocycles. The Balaban J connectivity index is 2.21. The Kier molecular flexibility index (Phi) is 4.40. The third kappa shape index (κ3) is 3.17. The van der Waals surface area contributed by atoms with E-state index in [4.69, 9.17) is 10.5 Å². The molecular formula is C16H12BrN3. The third-order valence-electron chi connectivity index (χ3n) is 3.01. The molecule has 4 heteroatoms. The van der Waals surface area contributed by atoms with E-state index in [2.05, 4.69) is 33.4 Å². The van der Waals surface area contributed by atoms with Gasteiger partial charge in [0.15, 0.2) is 0 Å². The molecule has 1 N–H and O–H groups in total. The molecule has 0 spiro atoms. The van der Waals surface area contributed by atoms with Gasteiger partial charge in [0, 0.05) is 10.5 Å². The van der Waals surface area contributed by atoms with Crippen molar-refractivity contribution in [2.45, 2.75) is 13.0 Å². The van der Waals surface area contributed by atoms with Crippen molar-refractivity contribution in [3.05, 3.63) is 63.6 Å². The van der Waals surface area contributed by atoms with Gasteiger partial charge in [-0.15, -0.1) is 0 Å². The molecule has 2 aromatic carbocycles. The number of nitrogens with one attached hydrogen (secondary N) is 1. The molecule has 1 atom stereocenters. The smallest absolute Gasteiger partial charge is 0.101 e. The highest BCUT2D eigenvalue weighted by molar-refractivity contribution is 9.10. The second kappa shape index (κ2) is 6.23. The highest BCUT2D eigenvalue weighted by atomic mass is 79.9. The Morgan fingerprint density at radius 1 is 1.05 bits per heavy atom. The van der Waals surface area contributed by atoms with Gasteiger partial charge in [-0.1, -0.05) is 28.1 Å². The van der Waals surface area contributed by atoms with Crippen LogP contribution in [-0.2, 0) is 0 Å². The van der Waals surface area contributed by atoms with Crippen molar-refractivity contribution in [2.24, 2.45) is 0 Å². The van der Waals surface area contributed by atoms with Crippen LogP contribution in [0.2, 0.25) is 0 Å². The minimum atomic E-state index is 0.0519. The SMILES string of the molecule is CC(Nc1ccc(Br)cc1C#N)c1ccc(C#N)cc1. The summed E-state index contributed by atoms with van der Waals surface area (Å²) in [5.74, 6) is 0. The van der Waals surface area contributed by atoms with Gasteiger partial charge < -0.3 is 5.32 Å². The first-order chi connectivity index (χ1) is 9.63. The summed E-state index contributed by atoms with van der Waals surface area (Å²) in [5.41, 5.74) is 3.10. The van der Waals surface area contributed by atoms with E-state index in [0.717, 1.165) is 15.7 Å². The van der Waals surface area contributed by atoms with Gasteiger partial charge in [0.1, 0.15) is 6.07 Å². The van der Waals surface area contributed by atoms with E-state index >= 15 is 0 Å². The van der Waals surface area contributed by atoms with Crippen LogP contribution in [0.1, 0.15) is 29.7 Å². The summed E-state index contributed by atoms with van der Waals surface area (Å²) in [6.07, 6.45) is 0. The maximum atomic E-state index is 9.15.